The molecule has 1 heterocycles. The Hall–Kier alpha value is -1.71. The van der Waals surface area contributed by atoms with E-state index >= 15 is 0 Å². The largest absolute Gasteiger partial charge is 0.478 e. The number of anilines is 1. The first kappa shape index (κ1) is 15.7. The van der Waals surface area contributed by atoms with Gasteiger partial charge in [0.15, 0.2) is 0 Å². The summed E-state index contributed by atoms with van der Waals surface area (Å²) in [5, 5.41) is 38.0. The summed E-state index contributed by atoms with van der Waals surface area (Å²) in [6, 6.07) is 6.03. The van der Waals surface area contributed by atoms with E-state index in [4.69, 9.17) is 14.7 Å². The van der Waals surface area contributed by atoms with Crippen molar-refractivity contribution in [1.29, 1.82) is 0 Å². The second-order valence-corrected chi connectivity index (χ2v) is 4.75. The summed E-state index contributed by atoms with van der Waals surface area (Å²) in [6.45, 7) is 1.52. The molecule has 0 amide bonds. The van der Waals surface area contributed by atoms with Gasteiger partial charge in [-0.05, 0) is 19.1 Å². The van der Waals surface area contributed by atoms with Crippen LogP contribution in [0.5, 0.6) is 0 Å². The number of carboxylic acid groups (broad SMARTS) is 1. The van der Waals surface area contributed by atoms with Crippen molar-refractivity contribution in [3.8, 4) is 0 Å². The Kier molecular flexibility index (Phi) is 4.76. The quantitative estimate of drug-likeness (QED) is 0.473. The van der Waals surface area contributed by atoms with Crippen LogP contribution in [0.25, 0.3) is 0 Å². The van der Waals surface area contributed by atoms with Crippen LogP contribution in [0, 0.1) is 0 Å². The van der Waals surface area contributed by atoms with E-state index in [1.165, 1.54) is 19.1 Å². The number of aliphatic hydroxyl groups is 3. The van der Waals surface area contributed by atoms with Crippen molar-refractivity contribution in [2.24, 2.45) is 0 Å². The van der Waals surface area contributed by atoms with Crippen molar-refractivity contribution in [3.63, 3.8) is 0 Å². The summed E-state index contributed by atoms with van der Waals surface area (Å²) >= 11 is 0. The Morgan fingerprint density at radius 3 is 2.52 bits per heavy atom. The molecule has 1 aromatic carbocycles. The van der Waals surface area contributed by atoms with Crippen LogP contribution in [0.3, 0.4) is 0 Å². The maximum absolute atomic E-state index is 11.0. The van der Waals surface area contributed by atoms with Crippen LogP contribution in [-0.2, 0) is 9.57 Å². The second-order valence-electron chi connectivity index (χ2n) is 4.75. The van der Waals surface area contributed by atoms with E-state index < -0.39 is 36.7 Å². The van der Waals surface area contributed by atoms with Gasteiger partial charge in [0.1, 0.15) is 18.3 Å². The molecule has 1 fully saturated rings. The highest BCUT2D eigenvalue weighted by Gasteiger charge is 2.42. The molecular weight excluding hydrogens is 282 g/mol. The SMILES string of the molecule is C[C@@H]1OC(ONc2ccccc2C(=O)O)[C@H](O)[C@H](O)[C@H]1O. The van der Waals surface area contributed by atoms with Crippen molar-refractivity contribution < 1.29 is 34.8 Å². The zero-order chi connectivity index (χ0) is 15.6. The number of aromatic carboxylic acids is 1. The predicted molar refractivity (Wildman–Crippen MR) is 70.5 cm³/mol. The maximum atomic E-state index is 11.0. The van der Waals surface area contributed by atoms with Crippen LogP contribution in [0.15, 0.2) is 24.3 Å². The van der Waals surface area contributed by atoms with Crippen LogP contribution in [0.2, 0.25) is 0 Å². The van der Waals surface area contributed by atoms with E-state index in [0.29, 0.717) is 0 Å². The summed E-state index contributed by atoms with van der Waals surface area (Å²) in [4.78, 5) is 16.1. The van der Waals surface area contributed by atoms with Crippen LogP contribution < -0.4 is 5.48 Å². The molecule has 1 aromatic rings. The third kappa shape index (κ3) is 3.31. The zero-order valence-corrected chi connectivity index (χ0v) is 11.2. The summed E-state index contributed by atoms with van der Waals surface area (Å²) in [6.07, 6.45) is -6.12. The number of carboxylic acids is 1. The van der Waals surface area contributed by atoms with Gasteiger partial charge in [-0.3, -0.25) is 5.48 Å². The molecule has 0 aliphatic carbocycles. The van der Waals surface area contributed by atoms with E-state index in [-0.39, 0.29) is 11.3 Å². The topological polar surface area (TPSA) is 128 Å². The van der Waals surface area contributed by atoms with Crippen molar-refractivity contribution >= 4 is 11.7 Å². The Balaban J connectivity index is 2.05. The molecule has 0 spiro atoms. The fourth-order valence-corrected chi connectivity index (χ4v) is 1.99. The molecule has 0 aromatic heterocycles. The fraction of sp³-hybridized carbons (Fsp3) is 0.462. The minimum Gasteiger partial charge on any atom is -0.478 e. The van der Waals surface area contributed by atoms with Gasteiger partial charge >= 0.3 is 5.97 Å². The Morgan fingerprint density at radius 1 is 1.19 bits per heavy atom. The number of hydrogen-bond donors (Lipinski definition) is 5. The van der Waals surface area contributed by atoms with Crippen molar-refractivity contribution in [2.75, 3.05) is 5.48 Å². The fourth-order valence-electron chi connectivity index (χ4n) is 1.99. The van der Waals surface area contributed by atoms with E-state index in [2.05, 4.69) is 5.48 Å². The third-order valence-electron chi connectivity index (χ3n) is 3.25. The van der Waals surface area contributed by atoms with Gasteiger partial charge in [0.25, 0.3) is 0 Å². The lowest BCUT2D eigenvalue weighted by Gasteiger charge is -2.38. The van der Waals surface area contributed by atoms with Gasteiger partial charge in [0, 0.05) is 0 Å². The van der Waals surface area contributed by atoms with E-state index in [9.17, 15) is 20.1 Å². The molecule has 8 heteroatoms. The van der Waals surface area contributed by atoms with Gasteiger partial charge in [-0.15, -0.1) is 0 Å². The molecule has 1 unspecified atom stereocenters. The lowest BCUT2D eigenvalue weighted by atomic mass is 10.0. The lowest BCUT2D eigenvalue weighted by Crippen LogP contribution is -2.57. The van der Waals surface area contributed by atoms with Crippen molar-refractivity contribution in [2.45, 2.75) is 37.6 Å². The first-order chi connectivity index (χ1) is 9.91. The summed E-state index contributed by atoms with van der Waals surface area (Å²) < 4.78 is 5.21. The molecular formula is C13H17NO7. The number of ether oxygens (including phenoxy) is 1. The average Bonchev–Trinajstić information content (AvgIpc) is 2.47. The predicted octanol–water partition coefficient (Wildman–Crippen LogP) is -0.444. The van der Waals surface area contributed by atoms with Gasteiger partial charge in [-0.25, -0.2) is 9.63 Å². The number of aliphatic hydroxyl groups excluding tert-OH is 3. The average molecular weight is 299 g/mol. The molecule has 0 saturated carbocycles. The van der Waals surface area contributed by atoms with Crippen LogP contribution >= 0.6 is 0 Å². The minimum absolute atomic E-state index is 0.0172. The number of rotatable bonds is 4. The summed E-state index contributed by atoms with van der Waals surface area (Å²) in [5.41, 5.74) is 2.55. The van der Waals surface area contributed by atoms with E-state index in [1.54, 1.807) is 12.1 Å². The third-order valence-corrected chi connectivity index (χ3v) is 3.25. The first-order valence-electron chi connectivity index (χ1n) is 6.35. The van der Waals surface area contributed by atoms with Gasteiger partial charge in [-0.2, -0.15) is 0 Å². The van der Waals surface area contributed by atoms with Crippen molar-refractivity contribution in [1.82, 2.24) is 0 Å². The smallest absolute Gasteiger partial charge is 0.337 e. The van der Waals surface area contributed by atoms with Crippen LogP contribution in [-0.4, -0.2) is 57.1 Å². The highest BCUT2D eigenvalue weighted by molar-refractivity contribution is 5.93. The van der Waals surface area contributed by atoms with Gasteiger partial charge in [0.05, 0.1) is 17.4 Å². The Bertz CT molecular complexity index is 509. The van der Waals surface area contributed by atoms with Crippen LogP contribution in [0.1, 0.15) is 17.3 Å². The Labute approximate surface area is 120 Å². The van der Waals surface area contributed by atoms with Crippen LogP contribution in [0.4, 0.5) is 5.69 Å². The molecule has 1 aliphatic heterocycles. The number of benzene rings is 1. The highest BCUT2D eigenvalue weighted by atomic mass is 16.8. The normalized spacial score (nSPS) is 32.7. The molecule has 1 saturated heterocycles. The molecule has 0 radical (unpaired) electrons. The van der Waals surface area contributed by atoms with E-state index in [1.807, 2.05) is 0 Å². The standard InChI is InChI=1S/C13H17NO7/c1-6-9(15)10(16)11(17)13(20-6)21-14-8-5-3-2-4-7(8)12(18)19/h2-6,9-11,13-17H,1H3,(H,18,19)/t6-,9-,10+,11+,13?/m0/s1. The van der Waals surface area contributed by atoms with E-state index in [0.717, 1.165) is 0 Å². The van der Waals surface area contributed by atoms with Gasteiger partial charge in [0.2, 0.25) is 6.29 Å². The highest BCUT2D eigenvalue weighted by Crippen LogP contribution is 2.23. The number of nitrogens with one attached hydrogen (secondary N) is 1. The second kappa shape index (κ2) is 6.37. The monoisotopic (exact) mass is 299 g/mol. The maximum Gasteiger partial charge on any atom is 0.337 e. The van der Waals surface area contributed by atoms with Gasteiger partial charge in [-0.1, -0.05) is 12.1 Å². The number of para-hydroxylation sites is 1. The van der Waals surface area contributed by atoms with Crippen molar-refractivity contribution in [3.05, 3.63) is 29.8 Å². The molecule has 5 atom stereocenters. The first-order valence-corrected chi connectivity index (χ1v) is 6.35. The molecule has 0 bridgehead atoms. The molecule has 8 nitrogen and oxygen atoms in total. The summed E-state index contributed by atoms with van der Waals surface area (Å²) in [5.74, 6) is -1.14. The number of carbonyl (C=O) groups is 1. The summed E-state index contributed by atoms with van der Waals surface area (Å²) in [7, 11) is 0. The Morgan fingerprint density at radius 2 is 1.86 bits per heavy atom. The molecule has 1 aliphatic rings. The minimum atomic E-state index is -1.47. The van der Waals surface area contributed by atoms with Gasteiger partial charge < -0.3 is 25.2 Å². The molecule has 21 heavy (non-hydrogen) atoms. The zero-order valence-electron chi connectivity index (χ0n) is 11.2. The number of hydrogen-bond acceptors (Lipinski definition) is 7. The molecule has 116 valence electrons. The lowest BCUT2D eigenvalue weighted by molar-refractivity contribution is -0.286. The molecule has 2 rings (SSSR count). The molecule has 5 N–H and O–H groups in total.